The molecule has 118 valence electrons. The summed E-state index contributed by atoms with van der Waals surface area (Å²) < 4.78 is 17.8. The van der Waals surface area contributed by atoms with E-state index in [-0.39, 0.29) is 22.8 Å². The van der Waals surface area contributed by atoms with E-state index in [2.05, 4.69) is 10.5 Å². The molecular weight excluding hydrogens is 305 g/mol. The third kappa shape index (κ3) is 4.10. The number of nitrogens with one attached hydrogen (secondary N) is 1. The van der Waals surface area contributed by atoms with Gasteiger partial charge in [-0.3, -0.25) is 14.9 Å². The van der Waals surface area contributed by atoms with Gasteiger partial charge in [0.2, 0.25) is 0 Å². The van der Waals surface area contributed by atoms with Gasteiger partial charge in [-0.2, -0.15) is 5.10 Å². The number of benzene rings is 2. The summed E-state index contributed by atoms with van der Waals surface area (Å²) >= 11 is 0. The Morgan fingerprint density at radius 3 is 2.61 bits per heavy atom. The van der Waals surface area contributed by atoms with Gasteiger partial charge in [-0.05, 0) is 23.8 Å². The fraction of sp³-hybridized carbons (Fsp3) is 0.0667. The van der Waals surface area contributed by atoms with Crippen LogP contribution in [0.3, 0.4) is 0 Å². The lowest BCUT2D eigenvalue weighted by Gasteiger charge is -2.06. The van der Waals surface area contributed by atoms with Crippen LogP contribution < -0.4 is 10.2 Å². The number of amides is 1. The molecule has 1 amide bonds. The topological polar surface area (TPSA) is 93.8 Å². The first-order valence-electron chi connectivity index (χ1n) is 6.42. The lowest BCUT2D eigenvalue weighted by Crippen LogP contribution is -2.18. The summed E-state index contributed by atoms with van der Waals surface area (Å²) in [5.74, 6) is -0.860. The molecule has 0 saturated carbocycles. The van der Waals surface area contributed by atoms with Crippen molar-refractivity contribution in [3.05, 3.63) is 69.5 Å². The number of hydrogen-bond acceptors (Lipinski definition) is 5. The minimum atomic E-state index is -0.663. The Hall–Kier alpha value is -3.29. The number of carbonyl (C=O) groups is 1. The first-order valence-corrected chi connectivity index (χ1v) is 6.42. The molecule has 0 heterocycles. The molecule has 0 saturated heterocycles. The monoisotopic (exact) mass is 317 g/mol. The minimum Gasteiger partial charge on any atom is -0.496 e. The lowest BCUT2D eigenvalue weighted by atomic mass is 10.1. The molecular formula is C15H12FN3O4. The molecule has 0 aliphatic carbocycles. The standard InChI is InChI=1S/C15H12FN3O4/c1-23-14-7-6-12(19(21)22)8-13(14)15(20)18-17-9-10-2-4-11(16)5-3-10/h2-9H,1H3,(H,18,20)/b17-9-. The van der Waals surface area contributed by atoms with Crippen LogP contribution in [-0.2, 0) is 0 Å². The van der Waals surface area contributed by atoms with Crippen LogP contribution in [0.25, 0.3) is 0 Å². The first kappa shape index (κ1) is 16.1. The smallest absolute Gasteiger partial charge is 0.275 e. The van der Waals surface area contributed by atoms with Crippen molar-refractivity contribution in [1.82, 2.24) is 5.43 Å². The second kappa shape index (κ2) is 7.12. The minimum absolute atomic E-state index is 0.0158. The van der Waals surface area contributed by atoms with Crippen molar-refractivity contribution in [2.45, 2.75) is 0 Å². The zero-order valence-corrected chi connectivity index (χ0v) is 12.0. The predicted molar refractivity (Wildman–Crippen MR) is 81.1 cm³/mol. The second-order valence-electron chi connectivity index (χ2n) is 4.39. The van der Waals surface area contributed by atoms with E-state index in [9.17, 15) is 19.3 Å². The maximum atomic E-state index is 12.8. The lowest BCUT2D eigenvalue weighted by molar-refractivity contribution is -0.384. The van der Waals surface area contributed by atoms with E-state index in [4.69, 9.17) is 4.74 Å². The third-order valence-corrected chi connectivity index (χ3v) is 2.89. The number of halogens is 1. The molecule has 0 aliphatic rings. The van der Waals surface area contributed by atoms with Crippen molar-refractivity contribution in [3.8, 4) is 5.75 Å². The molecule has 2 rings (SSSR count). The van der Waals surface area contributed by atoms with Crippen LogP contribution in [0.15, 0.2) is 47.6 Å². The SMILES string of the molecule is COc1ccc([N+](=O)[O-])cc1C(=O)N/N=C\c1ccc(F)cc1. The number of hydrogen-bond donors (Lipinski definition) is 1. The average molecular weight is 317 g/mol. The van der Waals surface area contributed by atoms with Crippen molar-refractivity contribution < 1.29 is 18.8 Å². The summed E-state index contributed by atoms with van der Waals surface area (Å²) in [4.78, 5) is 22.2. The summed E-state index contributed by atoms with van der Waals surface area (Å²) in [5.41, 5.74) is 2.56. The van der Waals surface area contributed by atoms with E-state index < -0.39 is 10.8 Å². The van der Waals surface area contributed by atoms with Gasteiger partial charge in [0.1, 0.15) is 11.6 Å². The molecule has 0 aromatic heterocycles. The summed E-state index contributed by atoms with van der Waals surface area (Å²) in [6.07, 6.45) is 1.32. The highest BCUT2D eigenvalue weighted by Crippen LogP contribution is 2.23. The van der Waals surface area contributed by atoms with Crippen molar-refractivity contribution in [3.63, 3.8) is 0 Å². The van der Waals surface area contributed by atoms with Gasteiger partial charge in [0, 0.05) is 12.1 Å². The van der Waals surface area contributed by atoms with Gasteiger partial charge in [-0.1, -0.05) is 12.1 Å². The second-order valence-corrected chi connectivity index (χ2v) is 4.39. The number of rotatable bonds is 5. The highest BCUT2D eigenvalue weighted by atomic mass is 19.1. The van der Waals surface area contributed by atoms with Gasteiger partial charge in [-0.25, -0.2) is 9.82 Å². The highest BCUT2D eigenvalue weighted by Gasteiger charge is 2.17. The Morgan fingerprint density at radius 2 is 2.00 bits per heavy atom. The van der Waals surface area contributed by atoms with Gasteiger partial charge < -0.3 is 4.74 Å². The van der Waals surface area contributed by atoms with Crippen LogP contribution >= 0.6 is 0 Å². The van der Waals surface area contributed by atoms with Crippen LogP contribution in [0.1, 0.15) is 15.9 Å². The fourth-order valence-corrected chi connectivity index (χ4v) is 1.76. The molecule has 0 bridgehead atoms. The van der Waals surface area contributed by atoms with Crippen molar-refractivity contribution in [1.29, 1.82) is 0 Å². The molecule has 8 heteroatoms. The highest BCUT2D eigenvalue weighted by molar-refractivity contribution is 5.98. The molecule has 0 atom stereocenters. The quantitative estimate of drug-likeness (QED) is 0.521. The average Bonchev–Trinajstić information content (AvgIpc) is 2.55. The number of methoxy groups -OCH3 is 1. The summed E-state index contributed by atoms with van der Waals surface area (Å²) in [6.45, 7) is 0. The van der Waals surface area contributed by atoms with Gasteiger partial charge >= 0.3 is 0 Å². The zero-order valence-electron chi connectivity index (χ0n) is 12.0. The van der Waals surface area contributed by atoms with E-state index in [1.165, 1.54) is 49.7 Å². The van der Waals surface area contributed by atoms with Gasteiger partial charge in [0.25, 0.3) is 11.6 Å². The van der Waals surface area contributed by atoms with Crippen LogP contribution in [-0.4, -0.2) is 24.2 Å². The maximum Gasteiger partial charge on any atom is 0.275 e. The largest absolute Gasteiger partial charge is 0.496 e. The van der Waals surface area contributed by atoms with E-state index in [1.807, 2.05) is 0 Å². The Kier molecular flexibility index (Phi) is 4.98. The van der Waals surface area contributed by atoms with E-state index >= 15 is 0 Å². The van der Waals surface area contributed by atoms with Gasteiger partial charge in [0.05, 0.1) is 23.8 Å². The Bertz CT molecular complexity index is 760. The van der Waals surface area contributed by atoms with Gasteiger partial charge in [0.15, 0.2) is 0 Å². The first-order chi connectivity index (χ1) is 11.0. The van der Waals surface area contributed by atoms with Crippen LogP contribution in [0, 0.1) is 15.9 Å². The molecule has 2 aromatic carbocycles. The van der Waals surface area contributed by atoms with E-state index in [0.29, 0.717) is 5.56 Å². The van der Waals surface area contributed by atoms with Crippen molar-refractivity contribution in [2.75, 3.05) is 7.11 Å². The molecule has 0 fully saturated rings. The molecule has 2 aromatic rings. The Morgan fingerprint density at radius 1 is 1.30 bits per heavy atom. The number of hydrazone groups is 1. The van der Waals surface area contributed by atoms with Crippen LogP contribution in [0.2, 0.25) is 0 Å². The molecule has 0 unspecified atom stereocenters. The molecule has 0 aliphatic heterocycles. The van der Waals surface area contributed by atoms with Gasteiger partial charge in [-0.15, -0.1) is 0 Å². The van der Waals surface area contributed by atoms with Crippen molar-refractivity contribution >= 4 is 17.8 Å². The number of ether oxygens (including phenoxy) is 1. The van der Waals surface area contributed by atoms with Crippen LogP contribution in [0.4, 0.5) is 10.1 Å². The maximum absolute atomic E-state index is 12.8. The van der Waals surface area contributed by atoms with Crippen molar-refractivity contribution in [2.24, 2.45) is 5.10 Å². The summed E-state index contributed by atoms with van der Waals surface area (Å²) in [7, 11) is 1.35. The predicted octanol–water partition coefficient (Wildman–Crippen LogP) is 2.51. The zero-order chi connectivity index (χ0) is 16.8. The number of nitro groups is 1. The number of nitrogens with zero attached hydrogens (tertiary/aromatic N) is 2. The number of non-ortho nitro benzene ring substituents is 1. The van der Waals surface area contributed by atoms with E-state index in [0.717, 1.165) is 6.07 Å². The molecule has 7 nitrogen and oxygen atoms in total. The van der Waals surface area contributed by atoms with Crippen LogP contribution in [0.5, 0.6) is 5.75 Å². The summed E-state index contributed by atoms with van der Waals surface area (Å²) in [6, 6.07) is 9.15. The number of carbonyl (C=O) groups excluding carboxylic acids is 1. The van der Waals surface area contributed by atoms with E-state index in [1.54, 1.807) is 0 Å². The molecule has 0 spiro atoms. The fourth-order valence-electron chi connectivity index (χ4n) is 1.76. The Labute approximate surface area is 130 Å². The number of nitro benzene ring substituents is 1. The normalized spacial score (nSPS) is 10.5. The molecule has 0 radical (unpaired) electrons. The Balaban J connectivity index is 2.15. The molecule has 23 heavy (non-hydrogen) atoms. The summed E-state index contributed by atoms with van der Waals surface area (Å²) in [5, 5.41) is 14.5. The molecule has 1 N–H and O–H groups in total. The third-order valence-electron chi connectivity index (χ3n) is 2.89.